The molecule has 0 spiro atoms. The summed E-state index contributed by atoms with van der Waals surface area (Å²) in [4.78, 5) is 38.1. The van der Waals surface area contributed by atoms with E-state index in [-0.39, 0.29) is 31.1 Å². The molecule has 1 atom stereocenters. The minimum Gasteiger partial charge on any atom is -0.462 e. The molecule has 0 aliphatic rings. The summed E-state index contributed by atoms with van der Waals surface area (Å²) in [6.07, 6.45) is 73.2. The van der Waals surface area contributed by atoms with Gasteiger partial charge < -0.3 is 14.2 Å². The number of unbranched alkanes of at least 4 members (excludes halogenated alkanes) is 30. The number of rotatable bonds is 53. The van der Waals surface area contributed by atoms with Gasteiger partial charge in [0.05, 0.1) is 0 Å². The summed E-state index contributed by atoms with van der Waals surface area (Å²) >= 11 is 0. The van der Waals surface area contributed by atoms with E-state index in [9.17, 15) is 14.4 Å². The van der Waals surface area contributed by atoms with Crippen LogP contribution in [0.4, 0.5) is 0 Å². The van der Waals surface area contributed by atoms with E-state index in [0.717, 1.165) is 109 Å². The van der Waals surface area contributed by atoms with E-state index in [4.69, 9.17) is 14.2 Å². The van der Waals surface area contributed by atoms with Crippen LogP contribution in [0, 0.1) is 0 Å². The second-order valence-electron chi connectivity index (χ2n) is 19.5. The predicted octanol–water partition coefficient (Wildman–Crippen LogP) is 19.8. The van der Waals surface area contributed by atoms with E-state index in [0.29, 0.717) is 19.3 Å². The second-order valence-corrected chi connectivity index (χ2v) is 19.5. The first kappa shape index (κ1) is 65.8. The molecular weight excluding hydrogens is 853 g/mol. The van der Waals surface area contributed by atoms with Crippen LogP contribution in [0.2, 0.25) is 0 Å². The summed E-state index contributed by atoms with van der Waals surface area (Å²) in [6.45, 7) is 6.52. The zero-order chi connectivity index (χ0) is 50.0. The Balaban J connectivity index is 4.36. The van der Waals surface area contributed by atoms with Crippen LogP contribution in [0.3, 0.4) is 0 Å². The molecule has 69 heavy (non-hydrogen) atoms. The molecule has 0 aliphatic carbocycles. The lowest BCUT2D eigenvalue weighted by atomic mass is 10.1. The average Bonchev–Trinajstić information content (AvgIpc) is 3.35. The van der Waals surface area contributed by atoms with Crippen molar-refractivity contribution >= 4 is 17.9 Å². The Kier molecular flexibility index (Phi) is 54.8. The molecule has 0 radical (unpaired) electrons. The van der Waals surface area contributed by atoms with Crippen molar-refractivity contribution in [1.29, 1.82) is 0 Å². The van der Waals surface area contributed by atoms with Gasteiger partial charge in [-0.1, -0.05) is 254 Å². The van der Waals surface area contributed by atoms with Gasteiger partial charge >= 0.3 is 17.9 Å². The van der Waals surface area contributed by atoms with Gasteiger partial charge in [0.1, 0.15) is 13.2 Å². The first-order chi connectivity index (χ1) is 34.0. The van der Waals surface area contributed by atoms with Crippen LogP contribution in [0.25, 0.3) is 0 Å². The van der Waals surface area contributed by atoms with E-state index >= 15 is 0 Å². The lowest BCUT2D eigenvalue weighted by Gasteiger charge is -2.18. The van der Waals surface area contributed by atoms with Gasteiger partial charge in [-0.15, -0.1) is 0 Å². The highest BCUT2D eigenvalue weighted by Crippen LogP contribution is 2.16. The number of allylic oxidation sites excluding steroid dienone is 12. The SMILES string of the molecule is CC/C=C\C/C=C\C/C=C\C/C=C\C/C=C\CCCCCCCC(=O)OCC(COC(=O)CCCCCCCCCCCCC)OC(=O)CCCCCCCCCCC/C=C\CCCCCCCC. The molecule has 1 unspecified atom stereocenters. The standard InChI is InChI=1S/C63H110O6/c1-4-7-10-13-16-19-22-24-26-28-30-31-33-34-36-38-41-44-47-50-53-56-62(65)68-59-60(58-67-61(64)55-52-49-46-43-40-21-18-15-12-9-6-3)69-63(66)57-54-51-48-45-42-39-37-35-32-29-27-25-23-20-17-14-11-8-5-2/h7,10,16,19,24-27,30-31,34,36,60H,4-6,8-9,11-15,17-18,20-23,28-29,32-33,35,37-59H2,1-3H3/b10-7-,19-16-,26-24-,27-25-,31-30-,36-34-. The molecular formula is C63H110O6. The van der Waals surface area contributed by atoms with Crippen molar-refractivity contribution in [3.63, 3.8) is 0 Å². The minimum atomic E-state index is -0.783. The molecule has 0 aliphatic heterocycles. The highest BCUT2D eigenvalue weighted by atomic mass is 16.6. The zero-order valence-corrected chi connectivity index (χ0v) is 45.6. The Morgan fingerprint density at radius 1 is 0.304 bits per heavy atom. The maximum Gasteiger partial charge on any atom is 0.306 e. The topological polar surface area (TPSA) is 78.9 Å². The van der Waals surface area contributed by atoms with Gasteiger partial charge in [-0.2, -0.15) is 0 Å². The van der Waals surface area contributed by atoms with Crippen LogP contribution < -0.4 is 0 Å². The lowest BCUT2D eigenvalue weighted by Crippen LogP contribution is -2.30. The average molecular weight is 964 g/mol. The third-order valence-electron chi connectivity index (χ3n) is 12.7. The van der Waals surface area contributed by atoms with Crippen LogP contribution in [0.5, 0.6) is 0 Å². The van der Waals surface area contributed by atoms with Crippen LogP contribution in [0.1, 0.15) is 290 Å². The van der Waals surface area contributed by atoms with Crippen molar-refractivity contribution in [2.24, 2.45) is 0 Å². The van der Waals surface area contributed by atoms with Crippen LogP contribution in [-0.4, -0.2) is 37.2 Å². The summed E-state index contributed by atoms with van der Waals surface area (Å²) < 4.78 is 16.9. The van der Waals surface area contributed by atoms with Crippen molar-refractivity contribution in [3.8, 4) is 0 Å². The van der Waals surface area contributed by atoms with Gasteiger partial charge in [-0.05, 0) is 89.9 Å². The Hall–Kier alpha value is -3.15. The third-order valence-corrected chi connectivity index (χ3v) is 12.7. The van der Waals surface area contributed by atoms with E-state index in [1.54, 1.807) is 0 Å². The Bertz CT molecular complexity index is 1290. The number of hydrogen-bond donors (Lipinski definition) is 0. The van der Waals surface area contributed by atoms with Crippen molar-refractivity contribution in [1.82, 2.24) is 0 Å². The maximum absolute atomic E-state index is 12.9. The molecule has 0 N–H and O–H groups in total. The van der Waals surface area contributed by atoms with Gasteiger partial charge in [0.2, 0.25) is 0 Å². The smallest absolute Gasteiger partial charge is 0.306 e. The van der Waals surface area contributed by atoms with Crippen LogP contribution >= 0.6 is 0 Å². The second kappa shape index (κ2) is 57.4. The van der Waals surface area contributed by atoms with Crippen molar-refractivity contribution in [3.05, 3.63) is 72.9 Å². The van der Waals surface area contributed by atoms with Gasteiger partial charge in [0, 0.05) is 19.3 Å². The molecule has 0 aromatic heterocycles. The quantitative estimate of drug-likeness (QED) is 0.0262. The fourth-order valence-electron chi connectivity index (χ4n) is 8.29. The van der Waals surface area contributed by atoms with Gasteiger partial charge in [0.25, 0.3) is 0 Å². The number of esters is 3. The number of hydrogen-bond acceptors (Lipinski definition) is 6. The molecule has 0 heterocycles. The Morgan fingerprint density at radius 3 is 0.899 bits per heavy atom. The van der Waals surface area contributed by atoms with E-state index in [1.807, 2.05) is 0 Å². The summed E-state index contributed by atoms with van der Waals surface area (Å²) in [6, 6.07) is 0. The molecule has 398 valence electrons. The first-order valence-electron chi connectivity index (χ1n) is 29.4. The summed E-state index contributed by atoms with van der Waals surface area (Å²) in [5, 5.41) is 0. The van der Waals surface area contributed by atoms with E-state index in [2.05, 4.69) is 93.7 Å². The first-order valence-corrected chi connectivity index (χ1v) is 29.4. The van der Waals surface area contributed by atoms with E-state index < -0.39 is 6.10 Å². The molecule has 0 amide bonds. The van der Waals surface area contributed by atoms with Gasteiger partial charge in [-0.25, -0.2) is 0 Å². The fraction of sp³-hybridized carbons (Fsp3) is 0.762. The van der Waals surface area contributed by atoms with Crippen molar-refractivity contribution < 1.29 is 28.6 Å². The minimum absolute atomic E-state index is 0.0801. The largest absolute Gasteiger partial charge is 0.462 e. The maximum atomic E-state index is 12.9. The normalized spacial score (nSPS) is 12.6. The molecule has 0 saturated heterocycles. The number of carbonyl (C=O) groups is 3. The highest BCUT2D eigenvalue weighted by molar-refractivity contribution is 5.71. The Labute approximate surface area is 427 Å². The molecule has 0 saturated carbocycles. The van der Waals surface area contributed by atoms with Gasteiger partial charge in [0.15, 0.2) is 6.10 Å². The van der Waals surface area contributed by atoms with Crippen LogP contribution in [0.15, 0.2) is 72.9 Å². The molecule has 0 fully saturated rings. The molecule has 0 aromatic rings. The summed E-state index contributed by atoms with van der Waals surface area (Å²) in [7, 11) is 0. The Morgan fingerprint density at radius 2 is 0.565 bits per heavy atom. The molecule has 0 aromatic carbocycles. The summed E-state index contributed by atoms with van der Waals surface area (Å²) in [5.74, 6) is -0.892. The third kappa shape index (κ3) is 55.6. The van der Waals surface area contributed by atoms with Crippen LogP contribution in [-0.2, 0) is 28.6 Å². The van der Waals surface area contributed by atoms with E-state index in [1.165, 1.54) is 141 Å². The number of ether oxygens (including phenoxy) is 3. The zero-order valence-electron chi connectivity index (χ0n) is 45.6. The molecule has 6 heteroatoms. The lowest BCUT2D eigenvalue weighted by molar-refractivity contribution is -0.167. The fourth-order valence-corrected chi connectivity index (χ4v) is 8.29. The van der Waals surface area contributed by atoms with Crippen molar-refractivity contribution in [2.75, 3.05) is 13.2 Å². The molecule has 0 rings (SSSR count). The molecule has 0 bridgehead atoms. The summed E-state index contributed by atoms with van der Waals surface area (Å²) in [5.41, 5.74) is 0. The monoisotopic (exact) mass is 963 g/mol. The molecule has 6 nitrogen and oxygen atoms in total. The van der Waals surface area contributed by atoms with Crippen molar-refractivity contribution in [2.45, 2.75) is 297 Å². The van der Waals surface area contributed by atoms with Gasteiger partial charge in [-0.3, -0.25) is 14.4 Å². The number of carbonyl (C=O) groups excluding carboxylic acids is 3. The predicted molar refractivity (Wildman–Crippen MR) is 298 cm³/mol. The highest BCUT2D eigenvalue weighted by Gasteiger charge is 2.19.